The number of aromatic nitrogens is 2. The molecule has 7 heteroatoms. The second kappa shape index (κ2) is 5.58. The zero-order chi connectivity index (χ0) is 13.9. The van der Waals surface area contributed by atoms with Gasteiger partial charge in [0.1, 0.15) is 0 Å². The third kappa shape index (κ3) is 3.45. The van der Waals surface area contributed by atoms with Gasteiger partial charge in [0, 0.05) is 6.07 Å². The zero-order valence-electron chi connectivity index (χ0n) is 10.2. The molecule has 0 radical (unpaired) electrons. The molecule has 1 heterocycles. The Balaban J connectivity index is 2.36. The Hall–Kier alpha value is -1.60. The lowest BCUT2D eigenvalue weighted by Crippen LogP contribution is -2.13. The highest BCUT2D eigenvalue weighted by molar-refractivity contribution is 7.98. The summed E-state index contributed by atoms with van der Waals surface area (Å²) < 4.78 is 24.3. The van der Waals surface area contributed by atoms with E-state index in [2.05, 4.69) is 9.97 Å². The second-order valence-corrected chi connectivity index (χ2v) is 6.60. The van der Waals surface area contributed by atoms with Gasteiger partial charge in [-0.3, -0.25) is 4.79 Å². The van der Waals surface area contributed by atoms with E-state index in [-0.39, 0.29) is 21.9 Å². The molecule has 0 saturated carbocycles. The summed E-state index contributed by atoms with van der Waals surface area (Å²) in [7, 11) is -3.48. The second-order valence-electron chi connectivity index (χ2n) is 3.82. The lowest BCUT2D eigenvalue weighted by Gasteiger charge is -2.04. The van der Waals surface area contributed by atoms with Crippen molar-refractivity contribution in [1.82, 2.24) is 9.97 Å². The van der Waals surface area contributed by atoms with E-state index in [1.807, 2.05) is 0 Å². The molecule has 0 bridgehead atoms. The van der Waals surface area contributed by atoms with Crippen LogP contribution in [0.5, 0.6) is 0 Å². The van der Waals surface area contributed by atoms with E-state index in [0.29, 0.717) is 5.16 Å². The Kier molecular flexibility index (Phi) is 4.06. The van der Waals surface area contributed by atoms with Crippen molar-refractivity contribution in [3.63, 3.8) is 0 Å². The third-order valence-corrected chi connectivity index (χ3v) is 4.65. The van der Waals surface area contributed by atoms with Crippen LogP contribution in [-0.4, -0.2) is 24.6 Å². The van der Waals surface area contributed by atoms with Gasteiger partial charge in [0.25, 0.3) is 5.56 Å². The fourth-order valence-corrected chi connectivity index (χ4v) is 3.25. The number of thioether (sulfide) groups is 1. The lowest BCUT2D eigenvalue weighted by molar-refractivity contribution is 0.594. The monoisotopic (exact) mass is 296 g/mol. The van der Waals surface area contributed by atoms with Gasteiger partial charge >= 0.3 is 0 Å². The molecule has 0 aliphatic carbocycles. The first-order valence-corrected chi connectivity index (χ1v) is 8.31. The molecule has 1 N–H and O–H groups in total. The molecule has 0 atom stereocenters. The largest absolute Gasteiger partial charge is 0.301 e. The van der Waals surface area contributed by atoms with Crippen molar-refractivity contribution in [2.45, 2.75) is 15.8 Å². The minimum Gasteiger partial charge on any atom is -0.301 e. The first-order valence-electron chi connectivity index (χ1n) is 5.43. The van der Waals surface area contributed by atoms with E-state index < -0.39 is 9.84 Å². The zero-order valence-corrected chi connectivity index (χ0v) is 11.8. The summed E-state index contributed by atoms with van der Waals surface area (Å²) in [6.07, 6.45) is 1.76. The summed E-state index contributed by atoms with van der Waals surface area (Å²) in [5.41, 5.74) is -0.102. The van der Waals surface area contributed by atoms with Gasteiger partial charge in [-0.05, 0) is 18.4 Å². The molecule has 0 spiro atoms. The quantitative estimate of drug-likeness (QED) is 0.682. The fourth-order valence-electron chi connectivity index (χ4n) is 1.56. The summed E-state index contributed by atoms with van der Waals surface area (Å²) in [6.45, 7) is 0. The summed E-state index contributed by atoms with van der Waals surface area (Å²) >= 11 is 1.26. The number of nitrogens with one attached hydrogen (secondary N) is 1. The lowest BCUT2D eigenvalue weighted by atomic mass is 10.4. The number of rotatable bonds is 4. The number of benzene rings is 1. The predicted octanol–water partition coefficient (Wildman–Crippen LogP) is 1.47. The van der Waals surface area contributed by atoms with E-state index in [1.165, 1.54) is 30.0 Å². The van der Waals surface area contributed by atoms with Gasteiger partial charge in [0.2, 0.25) is 0 Å². The van der Waals surface area contributed by atoms with Crippen LogP contribution in [0.2, 0.25) is 0 Å². The summed E-state index contributed by atoms with van der Waals surface area (Å²) in [5, 5.41) is 0.408. The maximum Gasteiger partial charge on any atom is 0.251 e. The van der Waals surface area contributed by atoms with Gasteiger partial charge < -0.3 is 4.98 Å². The minimum absolute atomic E-state index is 0.225. The van der Waals surface area contributed by atoms with E-state index in [1.54, 1.807) is 24.5 Å². The van der Waals surface area contributed by atoms with Crippen molar-refractivity contribution in [2.24, 2.45) is 0 Å². The van der Waals surface area contributed by atoms with Crippen LogP contribution in [0.25, 0.3) is 0 Å². The van der Waals surface area contributed by atoms with Crippen molar-refractivity contribution in [2.75, 3.05) is 6.26 Å². The van der Waals surface area contributed by atoms with Gasteiger partial charge in [-0.25, -0.2) is 13.4 Å². The molecular formula is C12H12N2O3S2. The number of H-pyrrole nitrogens is 1. The molecule has 1 aromatic heterocycles. The smallest absolute Gasteiger partial charge is 0.251 e. The van der Waals surface area contributed by atoms with Gasteiger partial charge in [-0.15, -0.1) is 0 Å². The van der Waals surface area contributed by atoms with Crippen LogP contribution in [0.1, 0.15) is 5.69 Å². The molecule has 0 aliphatic rings. The van der Waals surface area contributed by atoms with Crippen LogP contribution in [0.4, 0.5) is 0 Å². The van der Waals surface area contributed by atoms with Crippen molar-refractivity contribution in [1.29, 1.82) is 0 Å². The Morgan fingerprint density at radius 2 is 1.95 bits per heavy atom. The Bertz CT molecular complexity index is 724. The molecule has 0 fully saturated rings. The molecule has 2 rings (SSSR count). The Morgan fingerprint density at radius 3 is 2.58 bits per heavy atom. The van der Waals surface area contributed by atoms with Crippen molar-refractivity contribution >= 4 is 21.6 Å². The average Bonchev–Trinajstić information content (AvgIpc) is 2.38. The molecular weight excluding hydrogens is 284 g/mol. The normalized spacial score (nSPS) is 11.4. The van der Waals surface area contributed by atoms with Crippen LogP contribution in [0, 0.1) is 0 Å². The van der Waals surface area contributed by atoms with E-state index in [9.17, 15) is 13.2 Å². The topological polar surface area (TPSA) is 79.9 Å². The molecule has 0 unspecified atom stereocenters. The van der Waals surface area contributed by atoms with E-state index in [4.69, 9.17) is 0 Å². The van der Waals surface area contributed by atoms with Gasteiger partial charge in [0.15, 0.2) is 15.0 Å². The number of hydrogen-bond donors (Lipinski definition) is 1. The number of hydrogen-bond acceptors (Lipinski definition) is 5. The maximum absolute atomic E-state index is 12.2. The highest BCUT2D eigenvalue weighted by Gasteiger charge is 2.16. The highest BCUT2D eigenvalue weighted by Crippen LogP contribution is 2.15. The van der Waals surface area contributed by atoms with Crippen LogP contribution in [0.3, 0.4) is 0 Å². The summed E-state index contributed by atoms with van der Waals surface area (Å²) in [5.74, 6) is -0.283. The van der Waals surface area contributed by atoms with Crippen LogP contribution in [-0.2, 0) is 15.6 Å². The third-order valence-electron chi connectivity index (χ3n) is 2.41. The predicted molar refractivity (Wildman–Crippen MR) is 74.0 cm³/mol. The Labute approximate surface area is 115 Å². The van der Waals surface area contributed by atoms with Crippen LogP contribution in [0.15, 0.2) is 51.2 Å². The molecule has 19 heavy (non-hydrogen) atoms. The van der Waals surface area contributed by atoms with Crippen molar-refractivity contribution in [3.8, 4) is 0 Å². The van der Waals surface area contributed by atoms with E-state index >= 15 is 0 Å². The fraction of sp³-hybridized carbons (Fsp3) is 0.167. The number of aromatic amines is 1. The van der Waals surface area contributed by atoms with Gasteiger partial charge in [-0.2, -0.15) is 0 Å². The minimum atomic E-state index is -3.48. The standard InChI is InChI=1S/C12H12N2O3S2/c1-18-12-13-9(7-11(15)14-12)8-19(16,17)10-5-3-2-4-6-10/h2-7H,8H2,1H3,(H,13,14,15). The summed E-state index contributed by atoms with van der Waals surface area (Å²) in [4.78, 5) is 18.2. The van der Waals surface area contributed by atoms with Crippen molar-refractivity contribution < 1.29 is 8.42 Å². The molecule has 2 aromatic rings. The highest BCUT2D eigenvalue weighted by atomic mass is 32.2. The van der Waals surface area contributed by atoms with Crippen molar-refractivity contribution in [3.05, 3.63) is 52.4 Å². The van der Waals surface area contributed by atoms with Crippen LogP contribution < -0.4 is 5.56 Å². The Morgan fingerprint density at radius 1 is 1.26 bits per heavy atom. The van der Waals surface area contributed by atoms with Gasteiger partial charge in [0.05, 0.1) is 16.3 Å². The molecule has 5 nitrogen and oxygen atoms in total. The molecule has 0 amide bonds. The molecule has 0 aliphatic heterocycles. The molecule has 1 aromatic carbocycles. The average molecular weight is 296 g/mol. The SMILES string of the molecule is CSc1nc(CS(=O)(=O)c2ccccc2)cc(=O)[nH]1. The van der Waals surface area contributed by atoms with Crippen LogP contribution >= 0.6 is 11.8 Å². The molecule has 100 valence electrons. The van der Waals surface area contributed by atoms with E-state index in [0.717, 1.165) is 0 Å². The molecule has 0 saturated heterocycles. The van der Waals surface area contributed by atoms with Gasteiger partial charge in [-0.1, -0.05) is 30.0 Å². The first-order chi connectivity index (χ1) is 9.01. The number of sulfone groups is 1. The maximum atomic E-state index is 12.2. The summed E-state index contributed by atoms with van der Waals surface area (Å²) in [6, 6.07) is 9.32. The first kappa shape index (κ1) is 13.8. The number of nitrogens with zero attached hydrogens (tertiary/aromatic N) is 1.